The molecule has 0 bridgehead atoms. The maximum atomic E-state index is 6.02. The molecule has 3 heteroatoms. The first-order valence-corrected chi connectivity index (χ1v) is 7.20. The molecule has 0 amide bonds. The Morgan fingerprint density at radius 2 is 1.76 bits per heavy atom. The molecule has 0 aromatic carbocycles. The van der Waals surface area contributed by atoms with Gasteiger partial charge in [0.15, 0.2) is 0 Å². The van der Waals surface area contributed by atoms with E-state index < -0.39 is 0 Å². The van der Waals surface area contributed by atoms with Crippen LogP contribution in [0.2, 0.25) is 0 Å². The fourth-order valence-corrected chi connectivity index (χ4v) is 2.78. The summed E-state index contributed by atoms with van der Waals surface area (Å²) < 4.78 is 6.02. The van der Waals surface area contributed by atoms with Crippen LogP contribution >= 0.6 is 0 Å². The zero-order chi connectivity index (χ0) is 13.3. The second-order valence-corrected chi connectivity index (χ2v) is 5.05. The molecule has 3 nitrogen and oxygen atoms in total. The highest BCUT2D eigenvalue weighted by atomic mass is 16.5. The molecule has 0 heterocycles. The van der Waals surface area contributed by atoms with Crippen LogP contribution in [-0.4, -0.2) is 18.2 Å². The van der Waals surface area contributed by atoms with Crippen LogP contribution in [-0.2, 0) is 4.74 Å². The van der Waals surface area contributed by atoms with Crippen LogP contribution in [0.1, 0.15) is 66.7 Å². The van der Waals surface area contributed by atoms with Gasteiger partial charge < -0.3 is 4.74 Å². The minimum absolute atomic E-state index is 0.106. The highest BCUT2D eigenvalue weighted by Crippen LogP contribution is 2.29. The number of hydrazine groups is 1. The zero-order valence-corrected chi connectivity index (χ0v) is 12.4. The first-order chi connectivity index (χ1) is 8.10. The molecule has 0 aliphatic heterocycles. The lowest BCUT2D eigenvalue weighted by Gasteiger charge is -2.40. The van der Waals surface area contributed by atoms with Gasteiger partial charge in [-0.15, -0.1) is 0 Å². The topological polar surface area (TPSA) is 47.3 Å². The van der Waals surface area contributed by atoms with E-state index in [0.717, 1.165) is 25.9 Å². The van der Waals surface area contributed by atoms with Crippen molar-refractivity contribution in [1.82, 2.24) is 5.43 Å². The largest absolute Gasteiger partial charge is 0.374 e. The molecule has 2 unspecified atom stereocenters. The van der Waals surface area contributed by atoms with Crippen LogP contribution in [0.3, 0.4) is 0 Å². The van der Waals surface area contributed by atoms with Crippen LogP contribution in [0.5, 0.6) is 0 Å². The van der Waals surface area contributed by atoms with Gasteiger partial charge in [0.2, 0.25) is 0 Å². The Bertz CT molecular complexity index is 181. The third-order valence-corrected chi connectivity index (χ3v) is 3.88. The van der Waals surface area contributed by atoms with Gasteiger partial charge in [-0.05, 0) is 32.1 Å². The van der Waals surface area contributed by atoms with E-state index in [-0.39, 0.29) is 11.6 Å². The smallest absolute Gasteiger partial charge is 0.0842 e. The number of rotatable bonds is 10. The molecule has 3 N–H and O–H groups in total. The van der Waals surface area contributed by atoms with Crippen molar-refractivity contribution >= 4 is 0 Å². The molecule has 17 heavy (non-hydrogen) atoms. The summed E-state index contributed by atoms with van der Waals surface area (Å²) in [5.41, 5.74) is 2.89. The Morgan fingerprint density at radius 1 is 1.18 bits per heavy atom. The highest BCUT2D eigenvalue weighted by molar-refractivity contribution is 4.91. The standard InChI is InChI=1S/C14H32N2O/c1-6-10-12(5)11-13(16-15)14(7-2,8-3)17-9-4/h12-13,16H,6-11,15H2,1-5H3. The molecule has 0 saturated carbocycles. The Hall–Kier alpha value is -0.120. The Morgan fingerprint density at radius 3 is 2.12 bits per heavy atom. The molecule has 0 aromatic rings. The van der Waals surface area contributed by atoms with Crippen LogP contribution in [0.4, 0.5) is 0 Å². The first-order valence-electron chi connectivity index (χ1n) is 7.20. The third-order valence-electron chi connectivity index (χ3n) is 3.88. The van der Waals surface area contributed by atoms with E-state index in [1.165, 1.54) is 12.8 Å². The summed E-state index contributed by atoms with van der Waals surface area (Å²) in [6.45, 7) is 11.7. The van der Waals surface area contributed by atoms with E-state index >= 15 is 0 Å². The normalized spacial score (nSPS) is 15.9. The summed E-state index contributed by atoms with van der Waals surface area (Å²) in [5, 5.41) is 0. The lowest BCUT2D eigenvalue weighted by atomic mass is 9.82. The van der Waals surface area contributed by atoms with E-state index in [0.29, 0.717) is 5.92 Å². The lowest BCUT2D eigenvalue weighted by Crippen LogP contribution is -2.55. The second-order valence-electron chi connectivity index (χ2n) is 5.05. The number of nitrogens with one attached hydrogen (secondary N) is 1. The van der Waals surface area contributed by atoms with Crippen LogP contribution in [0, 0.1) is 5.92 Å². The predicted molar refractivity (Wildman–Crippen MR) is 74.7 cm³/mol. The Labute approximate surface area is 107 Å². The average molecular weight is 244 g/mol. The predicted octanol–water partition coefficient (Wildman–Crippen LogP) is 3.24. The summed E-state index contributed by atoms with van der Waals surface area (Å²) in [4.78, 5) is 0. The van der Waals surface area contributed by atoms with Crippen LogP contribution < -0.4 is 11.3 Å². The average Bonchev–Trinajstić information content (AvgIpc) is 2.34. The van der Waals surface area contributed by atoms with Crippen molar-refractivity contribution in [2.45, 2.75) is 78.4 Å². The Balaban J connectivity index is 4.65. The zero-order valence-electron chi connectivity index (χ0n) is 12.4. The molecular weight excluding hydrogens is 212 g/mol. The van der Waals surface area contributed by atoms with E-state index in [4.69, 9.17) is 10.6 Å². The highest BCUT2D eigenvalue weighted by Gasteiger charge is 2.36. The van der Waals surface area contributed by atoms with Crippen LogP contribution in [0.15, 0.2) is 0 Å². The maximum Gasteiger partial charge on any atom is 0.0842 e. The third kappa shape index (κ3) is 4.94. The Kier molecular flexibility index (Phi) is 8.83. The minimum atomic E-state index is -0.106. The first kappa shape index (κ1) is 16.9. The van der Waals surface area contributed by atoms with Gasteiger partial charge >= 0.3 is 0 Å². The van der Waals surface area contributed by atoms with E-state index in [9.17, 15) is 0 Å². The van der Waals surface area contributed by atoms with Crippen molar-refractivity contribution in [3.63, 3.8) is 0 Å². The fraction of sp³-hybridized carbons (Fsp3) is 1.00. The summed E-state index contributed by atoms with van der Waals surface area (Å²) in [6, 6.07) is 0.249. The number of ether oxygens (including phenoxy) is 1. The van der Waals surface area contributed by atoms with Gasteiger partial charge in [0.25, 0.3) is 0 Å². The molecule has 104 valence electrons. The summed E-state index contributed by atoms with van der Waals surface area (Å²) in [5.74, 6) is 6.45. The molecule has 0 aliphatic carbocycles. The van der Waals surface area contributed by atoms with E-state index in [2.05, 4.69) is 40.0 Å². The second kappa shape index (κ2) is 8.90. The lowest BCUT2D eigenvalue weighted by molar-refractivity contribution is -0.0767. The van der Waals surface area contributed by atoms with Gasteiger partial charge in [0.05, 0.1) is 11.6 Å². The molecule has 0 rings (SSSR count). The monoisotopic (exact) mass is 244 g/mol. The molecule has 2 atom stereocenters. The fourth-order valence-electron chi connectivity index (χ4n) is 2.78. The molecule has 0 fully saturated rings. The van der Waals surface area contributed by atoms with Gasteiger partial charge in [-0.25, -0.2) is 0 Å². The van der Waals surface area contributed by atoms with Gasteiger partial charge in [-0.2, -0.15) is 0 Å². The van der Waals surface area contributed by atoms with Crippen molar-refractivity contribution in [1.29, 1.82) is 0 Å². The number of hydrogen-bond donors (Lipinski definition) is 2. The van der Waals surface area contributed by atoms with Gasteiger partial charge in [-0.3, -0.25) is 11.3 Å². The van der Waals surface area contributed by atoms with E-state index in [1.54, 1.807) is 0 Å². The molecule has 0 aromatic heterocycles. The van der Waals surface area contributed by atoms with Crippen molar-refractivity contribution in [2.24, 2.45) is 11.8 Å². The number of nitrogens with two attached hydrogens (primary N) is 1. The van der Waals surface area contributed by atoms with Crippen LogP contribution in [0.25, 0.3) is 0 Å². The SMILES string of the molecule is CCCC(C)CC(NN)C(CC)(CC)OCC. The molecule has 0 radical (unpaired) electrons. The van der Waals surface area contributed by atoms with E-state index in [1.807, 2.05) is 0 Å². The summed E-state index contributed by atoms with van der Waals surface area (Å²) in [6.07, 6.45) is 5.59. The maximum absolute atomic E-state index is 6.02. The van der Waals surface area contributed by atoms with Gasteiger partial charge in [-0.1, -0.05) is 40.5 Å². The van der Waals surface area contributed by atoms with Crippen molar-refractivity contribution in [2.75, 3.05) is 6.61 Å². The summed E-state index contributed by atoms with van der Waals surface area (Å²) >= 11 is 0. The molecule has 0 aliphatic rings. The van der Waals surface area contributed by atoms with Gasteiger partial charge in [0, 0.05) is 6.61 Å². The van der Waals surface area contributed by atoms with Crippen molar-refractivity contribution in [3.05, 3.63) is 0 Å². The van der Waals surface area contributed by atoms with Crippen molar-refractivity contribution in [3.8, 4) is 0 Å². The molecule has 0 saturated heterocycles. The van der Waals surface area contributed by atoms with Crippen molar-refractivity contribution < 1.29 is 4.74 Å². The quantitative estimate of drug-likeness (QED) is 0.458. The molecule has 0 spiro atoms. The molecular formula is C14H32N2O. The minimum Gasteiger partial charge on any atom is -0.374 e. The van der Waals surface area contributed by atoms with Gasteiger partial charge in [0.1, 0.15) is 0 Å². The number of hydrogen-bond acceptors (Lipinski definition) is 3. The summed E-state index contributed by atoms with van der Waals surface area (Å²) in [7, 11) is 0.